The number of anilines is 1. The minimum Gasteiger partial charge on any atom is -0.495 e. The van der Waals surface area contributed by atoms with Crippen molar-refractivity contribution in [1.29, 1.82) is 0 Å². The molecule has 7 nitrogen and oxygen atoms in total. The molecule has 2 aromatic carbocycles. The average Bonchev–Trinajstić information content (AvgIpc) is 3.65. The third-order valence-electron chi connectivity index (χ3n) is 7.71. The van der Waals surface area contributed by atoms with E-state index in [0.717, 1.165) is 38.0 Å². The second kappa shape index (κ2) is 10.3. The number of hydrogen-bond acceptors (Lipinski definition) is 6. The molecule has 1 aliphatic heterocycles. The van der Waals surface area contributed by atoms with E-state index in [1.807, 2.05) is 19.2 Å². The Hall–Kier alpha value is -3.21. The Morgan fingerprint density at radius 3 is 2.46 bits per heavy atom. The molecule has 1 aromatic heterocycles. The van der Waals surface area contributed by atoms with Gasteiger partial charge in [0.2, 0.25) is 0 Å². The topological polar surface area (TPSA) is 59.3 Å². The number of methoxy groups -OCH3 is 1. The number of tetrazole rings is 1. The lowest BCUT2D eigenvalue weighted by Gasteiger charge is -2.35. The molecule has 0 N–H and O–H groups in total. The lowest BCUT2D eigenvalue weighted by Crippen LogP contribution is -2.37. The van der Waals surface area contributed by atoms with Crippen molar-refractivity contribution in [2.24, 2.45) is 5.92 Å². The van der Waals surface area contributed by atoms with Crippen LogP contribution in [0, 0.1) is 11.7 Å². The molecular weight excluding hydrogens is 488 g/mol. The first kappa shape index (κ1) is 25.4. The van der Waals surface area contributed by atoms with E-state index >= 15 is 0 Å². The molecule has 3 atom stereocenters. The van der Waals surface area contributed by atoms with Gasteiger partial charge in [-0.25, -0.2) is 4.39 Å². The monoisotopic (exact) mass is 518 g/mol. The lowest BCUT2D eigenvalue weighted by atomic mass is 9.85. The average molecular weight is 519 g/mol. The van der Waals surface area contributed by atoms with E-state index in [2.05, 4.69) is 25.3 Å². The van der Waals surface area contributed by atoms with Gasteiger partial charge in [0.1, 0.15) is 11.6 Å². The van der Waals surface area contributed by atoms with Crippen LogP contribution in [0.4, 0.5) is 23.2 Å². The molecule has 1 saturated heterocycles. The second-order valence-corrected chi connectivity index (χ2v) is 9.87. The van der Waals surface area contributed by atoms with Crippen LogP contribution in [-0.2, 0) is 6.18 Å². The van der Waals surface area contributed by atoms with Crippen molar-refractivity contribution in [2.75, 3.05) is 38.7 Å². The van der Waals surface area contributed by atoms with Crippen LogP contribution in [0.15, 0.2) is 42.5 Å². The molecule has 2 aliphatic rings. The van der Waals surface area contributed by atoms with Crippen molar-refractivity contribution in [3.63, 3.8) is 0 Å². The van der Waals surface area contributed by atoms with Gasteiger partial charge in [0.15, 0.2) is 0 Å². The summed E-state index contributed by atoms with van der Waals surface area (Å²) in [4.78, 5) is 4.58. The number of aromatic nitrogens is 4. The van der Waals surface area contributed by atoms with Gasteiger partial charge in [-0.15, -0.1) is 5.10 Å². The summed E-state index contributed by atoms with van der Waals surface area (Å²) in [7, 11) is 3.47. The zero-order chi connectivity index (χ0) is 26.2. The molecule has 2 fully saturated rings. The molecule has 2 heterocycles. The maximum atomic E-state index is 13.8. The molecule has 0 spiro atoms. The van der Waals surface area contributed by atoms with Crippen LogP contribution >= 0.6 is 0 Å². The summed E-state index contributed by atoms with van der Waals surface area (Å²) >= 11 is 0. The van der Waals surface area contributed by atoms with Gasteiger partial charge in [0.05, 0.1) is 18.5 Å². The first-order valence-electron chi connectivity index (χ1n) is 12.5. The standard InChI is InChI=1S/C26H30F4N6O/c1-34(22-15-20(10-12-23(22)37-2)36-25(26(28,29)30)31-32-33-36)21-11-7-18(16-35-13-3-4-14-35)24(21)17-5-8-19(27)9-6-17/h5-6,8-10,12,15,18,21,24H,3-4,7,11,13-14,16H2,1-2H3/t18-,21+,24-/m1/s1. The summed E-state index contributed by atoms with van der Waals surface area (Å²) in [5.41, 5.74) is 1.89. The van der Waals surface area contributed by atoms with Gasteiger partial charge < -0.3 is 14.5 Å². The number of likely N-dealkylation sites (N-methyl/N-ethyl adjacent to an activating group) is 1. The molecule has 3 aromatic rings. The summed E-state index contributed by atoms with van der Waals surface area (Å²) in [6.45, 7) is 3.16. The number of likely N-dealkylation sites (tertiary alicyclic amines) is 1. The van der Waals surface area contributed by atoms with Crippen LogP contribution < -0.4 is 9.64 Å². The first-order valence-corrected chi connectivity index (χ1v) is 12.5. The zero-order valence-electron chi connectivity index (χ0n) is 20.8. The Bertz CT molecular complexity index is 1210. The highest BCUT2D eigenvalue weighted by atomic mass is 19.4. The normalized spacial score (nSPS) is 22.5. The van der Waals surface area contributed by atoms with Crippen molar-refractivity contribution in [2.45, 2.75) is 43.8 Å². The molecule has 5 rings (SSSR count). The van der Waals surface area contributed by atoms with Crippen LogP contribution in [0.3, 0.4) is 0 Å². The quantitative estimate of drug-likeness (QED) is 0.414. The number of ether oxygens (including phenoxy) is 1. The molecule has 0 radical (unpaired) electrons. The summed E-state index contributed by atoms with van der Waals surface area (Å²) in [6, 6.07) is 11.5. The first-order chi connectivity index (χ1) is 17.8. The highest BCUT2D eigenvalue weighted by molar-refractivity contribution is 5.64. The van der Waals surface area contributed by atoms with Crippen LogP contribution in [0.1, 0.15) is 43.0 Å². The minimum atomic E-state index is -4.70. The highest BCUT2D eigenvalue weighted by Gasteiger charge is 2.41. The molecule has 198 valence electrons. The Kier molecular flexibility index (Phi) is 7.06. The fourth-order valence-electron chi connectivity index (χ4n) is 5.98. The van der Waals surface area contributed by atoms with Crippen molar-refractivity contribution in [3.05, 3.63) is 59.7 Å². The van der Waals surface area contributed by atoms with Crippen molar-refractivity contribution < 1.29 is 22.3 Å². The minimum absolute atomic E-state index is 0.0400. The number of hydrogen-bond donors (Lipinski definition) is 0. The maximum Gasteiger partial charge on any atom is 0.453 e. The van der Waals surface area contributed by atoms with E-state index in [4.69, 9.17) is 4.74 Å². The van der Waals surface area contributed by atoms with Gasteiger partial charge in [-0.05, 0) is 91.0 Å². The second-order valence-electron chi connectivity index (χ2n) is 9.87. The molecule has 37 heavy (non-hydrogen) atoms. The van der Waals surface area contributed by atoms with Crippen LogP contribution in [0.5, 0.6) is 5.75 Å². The predicted molar refractivity (Wildman–Crippen MR) is 130 cm³/mol. The Balaban J connectivity index is 1.50. The lowest BCUT2D eigenvalue weighted by molar-refractivity contribution is -0.146. The SMILES string of the molecule is COc1ccc(-n2nnnc2C(F)(F)F)cc1N(C)[C@H]1CC[C@H](CN2CCCC2)[C@H]1c1ccc(F)cc1. The number of alkyl halides is 3. The number of nitrogens with zero attached hydrogens (tertiary/aromatic N) is 6. The van der Waals surface area contributed by atoms with Crippen molar-refractivity contribution in [1.82, 2.24) is 25.1 Å². The fourth-order valence-corrected chi connectivity index (χ4v) is 5.98. The Labute approximate surface area is 213 Å². The summed E-state index contributed by atoms with van der Waals surface area (Å²) < 4.78 is 60.5. The van der Waals surface area contributed by atoms with Crippen LogP contribution in [-0.4, -0.2) is 64.9 Å². The van der Waals surface area contributed by atoms with Crippen LogP contribution in [0.25, 0.3) is 5.69 Å². The summed E-state index contributed by atoms with van der Waals surface area (Å²) in [6.07, 6.45) is -0.391. The number of benzene rings is 2. The van der Waals surface area contributed by atoms with E-state index in [-0.39, 0.29) is 23.5 Å². The molecule has 1 saturated carbocycles. The number of rotatable bonds is 7. The van der Waals surface area contributed by atoms with Gasteiger partial charge in [-0.2, -0.15) is 17.9 Å². The van der Waals surface area contributed by atoms with E-state index < -0.39 is 12.0 Å². The largest absolute Gasteiger partial charge is 0.495 e. The van der Waals surface area contributed by atoms with Gasteiger partial charge in [0.25, 0.3) is 5.82 Å². The van der Waals surface area contributed by atoms with E-state index in [1.54, 1.807) is 12.1 Å². The van der Waals surface area contributed by atoms with E-state index in [1.165, 1.54) is 38.2 Å². The van der Waals surface area contributed by atoms with E-state index in [9.17, 15) is 17.6 Å². The fraction of sp³-hybridized carbons (Fsp3) is 0.500. The van der Waals surface area contributed by atoms with Gasteiger partial charge in [0, 0.05) is 25.6 Å². The van der Waals surface area contributed by atoms with Crippen molar-refractivity contribution >= 4 is 5.69 Å². The van der Waals surface area contributed by atoms with Gasteiger partial charge >= 0.3 is 6.18 Å². The van der Waals surface area contributed by atoms with Crippen molar-refractivity contribution in [3.8, 4) is 11.4 Å². The predicted octanol–water partition coefficient (Wildman–Crippen LogP) is 4.92. The van der Waals surface area contributed by atoms with Gasteiger partial charge in [-0.3, -0.25) is 0 Å². The van der Waals surface area contributed by atoms with Gasteiger partial charge in [-0.1, -0.05) is 12.1 Å². The molecule has 0 amide bonds. The molecule has 0 bridgehead atoms. The number of halogens is 4. The Morgan fingerprint density at radius 2 is 1.78 bits per heavy atom. The third kappa shape index (κ3) is 5.14. The third-order valence-corrected chi connectivity index (χ3v) is 7.71. The molecule has 1 aliphatic carbocycles. The smallest absolute Gasteiger partial charge is 0.453 e. The molecule has 0 unspecified atom stereocenters. The summed E-state index contributed by atoms with van der Waals surface area (Å²) in [5, 5.41) is 9.99. The molecular formula is C26H30F4N6O. The maximum absolute atomic E-state index is 13.8. The Morgan fingerprint density at radius 1 is 1.05 bits per heavy atom. The zero-order valence-corrected chi connectivity index (χ0v) is 20.8. The van der Waals surface area contributed by atoms with Crippen LogP contribution in [0.2, 0.25) is 0 Å². The molecule has 11 heteroatoms. The van der Waals surface area contributed by atoms with E-state index in [0.29, 0.717) is 22.0 Å². The highest BCUT2D eigenvalue weighted by Crippen LogP contribution is 2.46. The summed E-state index contributed by atoms with van der Waals surface area (Å²) in [5.74, 6) is -0.436.